The van der Waals surface area contributed by atoms with Gasteiger partial charge in [0, 0.05) is 5.41 Å². The van der Waals surface area contributed by atoms with Gasteiger partial charge in [-0.25, -0.2) is 4.79 Å². The van der Waals surface area contributed by atoms with Crippen molar-refractivity contribution in [1.29, 1.82) is 0 Å². The number of likely N-dealkylation sites (tertiary alicyclic amines) is 1. The molecule has 4 heteroatoms. The van der Waals surface area contributed by atoms with Crippen LogP contribution in [0.4, 0.5) is 4.79 Å². The Kier molecular flexibility index (Phi) is 4.62. The van der Waals surface area contributed by atoms with Gasteiger partial charge in [0.15, 0.2) is 0 Å². The van der Waals surface area contributed by atoms with Gasteiger partial charge in [-0.1, -0.05) is 38.1 Å². The Morgan fingerprint density at radius 1 is 1.35 bits per heavy atom. The van der Waals surface area contributed by atoms with E-state index in [1.165, 1.54) is 36.9 Å². The van der Waals surface area contributed by atoms with Gasteiger partial charge in [-0.15, -0.1) is 0 Å². The summed E-state index contributed by atoms with van der Waals surface area (Å²) in [4.78, 5) is 13.9. The molecule has 0 saturated carbocycles. The third-order valence-electron chi connectivity index (χ3n) is 5.65. The topological polar surface area (TPSA) is 58.4 Å². The Balaban J connectivity index is 1.72. The van der Waals surface area contributed by atoms with Gasteiger partial charge in [-0.3, -0.25) is 0 Å². The number of nitrogens with one attached hydrogen (secondary N) is 1. The van der Waals surface area contributed by atoms with E-state index in [4.69, 9.17) is 5.73 Å². The zero-order chi connectivity index (χ0) is 16.4. The summed E-state index contributed by atoms with van der Waals surface area (Å²) in [6, 6.07) is 8.24. The summed E-state index contributed by atoms with van der Waals surface area (Å²) in [5.74, 6) is 0.766. The molecule has 0 aromatic heterocycles. The van der Waals surface area contributed by atoms with Crippen molar-refractivity contribution in [2.75, 3.05) is 19.6 Å². The van der Waals surface area contributed by atoms with Crippen molar-refractivity contribution in [3.63, 3.8) is 0 Å². The minimum absolute atomic E-state index is 0.0749. The first-order valence-corrected chi connectivity index (χ1v) is 8.88. The molecule has 1 aromatic carbocycles. The van der Waals surface area contributed by atoms with Crippen molar-refractivity contribution < 1.29 is 4.79 Å². The summed E-state index contributed by atoms with van der Waals surface area (Å²) in [5.41, 5.74) is 8.30. The summed E-state index contributed by atoms with van der Waals surface area (Å²) in [5, 5.41) is 2.95. The van der Waals surface area contributed by atoms with Crippen LogP contribution in [0, 0.1) is 5.92 Å². The molecule has 2 amide bonds. The first kappa shape index (κ1) is 16.3. The maximum atomic E-state index is 11.3. The normalized spacial score (nSPS) is 23.2. The van der Waals surface area contributed by atoms with Crippen molar-refractivity contribution in [3.8, 4) is 0 Å². The highest BCUT2D eigenvalue weighted by molar-refractivity contribution is 5.72. The van der Waals surface area contributed by atoms with Crippen LogP contribution in [0.3, 0.4) is 0 Å². The molecule has 3 N–H and O–H groups in total. The number of carbonyl (C=O) groups is 1. The highest BCUT2D eigenvalue weighted by atomic mass is 16.2. The maximum Gasteiger partial charge on any atom is 0.312 e. The Hall–Kier alpha value is -1.55. The van der Waals surface area contributed by atoms with E-state index < -0.39 is 6.03 Å². The van der Waals surface area contributed by atoms with Crippen LogP contribution in [-0.2, 0) is 5.41 Å². The van der Waals surface area contributed by atoms with Crippen molar-refractivity contribution in [2.45, 2.75) is 51.0 Å². The predicted octanol–water partition coefficient (Wildman–Crippen LogP) is 3.18. The fourth-order valence-electron chi connectivity index (χ4n) is 4.31. The van der Waals surface area contributed by atoms with Gasteiger partial charge < -0.3 is 16.0 Å². The zero-order valence-electron chi connectivity index (χ0n) is 14.3. The molecule has 3 rings (SSSR count). The fraction of sp³-hybridized carbons (Fsp3) is 0.632. The molecule has 1 spiro atoms. The number of hydrogen-bond acceptors (Lipinski definition) is 2. The number of nitrogens with zero attached hydrogens (tertiary/aromatic N) is 1. The third-order valence-corrected chi connectivity index (χ3v) is 5.65. The van der Waals surface area contributed by atoms with E-state index in [1.54, 1.807) is 0 Å². The van der Waals surface area contributed by atoms with E-state index in [1.807, 2.05) is 0 Å². The largest absolute Gasteiger partial charge is 0.352 e. The van der Waals surface area contributed by atoms with E-state index in [-0.39, 0.29) is 11.5 Å². The summed E-state index contributed by atoms with van der Waals surface area (Å²) < 4.78 is 0. The summed E-state index contributed by atoms with van der Waals surface area (Å²) in [6.45, 7) is 8.10. The lowest BCUT2D eigenvalue weighted by molar-refractivity contribution is 0.147. The maximum absolute atomic E-state index is 11.3. The molecule has 1 atom stereocenters. The minimum Gasteiger partial charge on any atom is -0.352 e. The minimum atomic E-state index is -0.420. The van der Waals surface area contributed by atoms with Gasteiger partial charge in [0.25, 0.3) is 0 Å². The van der Waals surface area contributed by atoms with Gasteiger partial charge in [0.1, 0.15) is 0 Å². The summed E-state index contributed by atoms with van der Waals surface area (Å²) in [6.07, 6.45) is 4.63. The number of nitrogens with two attached hydrogens (primary N) is 1. The number of benzene rings is 1. The molecule has 1 aliphatic heterocycles. The molecule has 4 nitrogen and oxygen atoms in total. The number of fused-ring (bicyclic) bond motifs is 2. The molecule has 1 aliphatic carbocycles. The van der Waals surface area contributed by atoms with Crippen LogP contribution < -0.4 is 11.1 Å². The summed E-state index contributed by atoms with van der Waals surface area (Å²) in [7, 11) is 0. The molecule has 0 radical (unpaired) electrons. The van der Waals surface area contributed by atoms with Crippen molar-refractivity contribution in [2.24, 2.45) is 11.7 Å². The van der Waals surface area contributed by atoms with Crippen LogP contribution in [0.1, 0.15) is 56.7 Å². The van der Waals surface area contributed by atoms with E-state index in [0.717, 1.165) is 25.4 Å². The molecule has 1 heterocycles. The lowest BCUT2D eigenvalue weighted by Gasteiger charge is -2.40. The Morgan fingerprint density at radius 3 is 2.70 bits per heavy atom. The molecule has 1 aromatic rings. The molecule has 126 valence electrons. The zero-order valence-corrected chi connectivity index (χ0v) is 14.3. The van der Waals surface area contributed by atoms with Crippen LogP contribution in [0.25, 0.3) is 0 Å². The number of urea groups is 1. The quantitative estimate of drug-likeness (QED) is 0.896. The standard InChI is InChI=1S/C19H29N3O/c1-14(2)7-10-22-11-8-19(9-12-22)13-17(21-18(20)23)15-5-3-4-6-16(15)19/h3-6,14,17H,7-13H2,1-2H3,(H3,20,21,23)/t17-/m0/s1. The number of rotatable bonds is 4. The first-order valence-electron chi connectivity index (χ1n) is 8.88. The highest BCUT2D eigenvalue weighted by Crippen LogP contribution is 2.50. The molecular formula is C19H29N3O. The first-order chi connectivity index (χ1) is 11.0. The number of hydrogen-bond donors (Lipinski definition) is 2. The molecule has 2 aliphatic rings. The van der Waals surface area contributed by atoms with E-state index in [0.29, 0.717) is 0 Å². The molecule has 0 unspecified atom stereocenters. The number of primary amides is 1. The lowest BCUT2D eigenvalue weighted by Crippen LogP contribution is -2.42. The molecule has 0 bridgehead atoms. The van der Waals surface area contributed by atoms with Crippen LogP contribution in [0.2, 0.25) is 0 Å². The predicted molar refractivity (Wildman–Crippen MR) is 93.3 cm³/mol. The fourth-order valence-corrected chi connectivity index (χ4v) is 4.31. The van der Waals surface area contributed by atoms with Crippen molar-refractivity contribution >= 4 is 6.03 Å². The third kappa shape index (κ3) is 3.37. The van der Waals surface area contributed by atoms with Crippen molar-refractivity contribution in [3.05, 3.63) is 35.4 Å². The Labute approximate surface area is 139 Å². The van der Waals surface area contributed by atoms with E-state index >= 15 is 0 Å². The van der Waals surface area contributed by atoms with Crippen LogP contribution in [0.15, 0.2) is 24.3 Å². The van der Waals surface area contributed by atoms with Gasteiger partial charge in [-0.2, -0.15) is 0 Å². The van der Waals surface area contributed by atoms with Crippen LogP contribution in [0.5, 0.6) is 0 Å². The van der Waals surface area contributed by atoms with Gasteiger partial charge >= 0.3 is 6.03 Å². The van der Waals surface area contributed by atoms with Gasteiger partial charge in [0.2, 0.25) is 0 Å². The smallest absolute Gasteiger partial charge is 0.312 e. The van der Waals surface area contributed by atoms with E-state index in [2.05, 4.69) is 48.3 Å². The second kappa shape index (κ2) is 6.52. The van der Waals surface area contributed by atoms with Crippen molar-refractivity contribution in [1.82, 2.24) is 10.2 Å². The Bertz CT molecular complexity index is 561. The second-order valence-corrected chi connectivity index (χ2v) is 7.66. The number of piperidine rings is 1. The van der Waals surface area contributed by atoms with Crippen LogP contribution in [-0.4, -0.2) is 30.6 Å². The molecule has 1 fully saturated rings. The average molecular weight is 315 g/mol. The highest BCUT2D eigenvalue weighted by Gasteiger charge is 2.45. The van der Waals surface area contributed by atoms with Crippen LogP contribution >= 0.6 is 0 Å². The number of amides is 2. The second-order valence-electron chi connectivity index (χ2n) is 7.66. The SMILES string of the molecule is CC(C)CCN1CCC2(CC1)C[C@H](NC(N)=O)c1ccccc12. The lowest BCUT2D eigenvalue weighted by atomic mass is 9.73. The average Bonchev–Trinajstić information content (AvgIpc) is 2.81. The molecule has 1 saturated heterocycles. The van der Waals surface area contributed by atoms with Gasteiger partial charge in [-0.05, 0) is 62.4 Å². The monoisotopic (exact) mass is 315 g/mol. The van der Waals surface area contributed by atoms with Gasteiger partial charge in [0.05, 0.1) is 6.04 Å². The summed E-state index contributed by atoms with van der Waals surface area (Å²) >= 11 is 0. The molecular weight excluding hydrogens is 286 g/mol. The van der Waals surface area contributed by atoms with E-state index in [9.17, 15) is 4.79 Å². The number of carbonyl (C=O) groups excluding carboxylic acids is 1. The Morgan fingerprint density at radius 2 is 2.04 bits per heavy atom. The molecule has 23 heavy (non-hydrogen) atoms.